The molecule has 0 aromatic heterocycles. The third kappa shape index (κ3) is 2.58. The molecule has 1 aromatic carbocycles. The molecule has 1 heterocycles. The summed E-state index contributed by atoms with van der Waals surface area (Å²) in [5.41, 5.74) is 10.4. The second kappa shape index (κ2) is 4.77. The van der Waals surface area contributed by atoms with Gasteiger partial charge in [-0.25, -0.2) is 0 Å². The Hall–Kier alpha value is -1.02. The van der Waals surface area contributed by atoms with Crippen LogP contribution in [0.5, 0.6) is 5.75 Å². The Kier molecular flexibility index (Phi) is 3.66. The molecule has 2 rings (SSSR count). The van der Waals surface area contributed by atoms with Crippen molar-refractivity contribution in [1.29, 1.82) is 0 Å². The van der Waals surface area contributed by atoms with Gasteiger partial charge >= 0.3 is 0 Å². The fraction of sp³-hybridized carbons (Fsp3) is 0.667. The predicted octanol–water partition coefficient (Wildman–Crippen LogP) is 4.45. The Morgan fingerprint density at radius 3 is 2.10 bits per heavy atom. The number of rotatable bonds is 1. The zero-order chi connectivity index (χ0) is 15.3. The van der Waals surface area contributed by atoms with E-state index < -0.39 is 0 Å². The molecule has 1 aliphatic rings. The molecule has 112 valence electrons. The van der Waals surface area contributed by atoms with Crippen LogP contribution in [0.1, 0.15) is 77.6 Å². The summed E-state index contributed by atoms with van der Waals surface area (Å²) < 4.78 is 6.17. The van der Waals surface area contributed by atoms with Crippen molar-refractivity contribution in [3.05, 3.63) is 28.8 Å². The van der Waals surface area contributed by atoms with Gasteiger partial charge in [-0.15, -0.1) is 0 Å². The molecule has 1 aliphatic heterocycles. The van der Waals surface area contributed by atoms with Crippen molar-refractivity contribution in [2.24, 2.45) is 5.73 Å². The number of hydrogen-bond acceptors (Lipinski definition) is 2. The molecule has 0 spiro atoms. The first-order valence-electron chi connectivity index (χ1n) is 7.67. The highest BCUT2D eigenvalue weighted by Crippen LogP contribution is 2.45. The highest BCUT2D eigenvalue weighted by molar-refractivity contribution is 5.53. The summed E-state index contributed by atoms with van der Waals surface area (Å²) >= 11 is 0. The first-order chi connectivity index (χ1) is 9.05. The molecular weight excluding hydrogens is 246 g/mol. The first-order valence-corrected chi connectivity index (χ1v) is 7.67. The fourth-order valence-electron chi connectivity index (χ4n) is 2.78. The maximum atomic E-state index is 6.40. The molecule has 0 fully saturated rings. The molecule has 0 saturated carbocycles. The Morgan fingerprint density at radius 2 is 1.65 bits per heavy atom. The van der Waals surface area contributed by atoms with Crippen molar-refractivity contribution in [1.82, 2.24) is 0 Å². The number of hydrogen-bond donors (Lipinski definition) is 1. The average molecular weight is 275 g/mol. The van der Waals surface area contributed by atoms with Gasteiger partial charge in [0, 0.05) is 11.1 Å². The quantitative estimate of drug-likeness (QED) is 0.821. The summed E-state index contributed by atoms with van der Waals surface area (Å²) in [5.74, 6) is 1.03. The topological polar surface area (TPSA) is 35.2 Å². The molecule has 2 nitrogen and oxygen atoms in total. The second-order valence-corrected chi connectivity index (χ2v) is 8.03. The monoisotopic (exact) mass is 275 g/mol. The van der Waals surface area contributed by atoms with Crippen LogP contribution in [0.3, 0.4) is 0 Å². The number of benzene rings is 1. The van der Waals surface area contributed by atoms with E-state index in [1.54, 1.807) is 0 Å². The highest BCUT2D eigenvalue weighted by Gasteiger charge is 2.36. The van der Waals surface area contributed by atoms with Crippen molar-refractivity contribution < 1.29 is 4.74 Å². The minimum absolute atomic E-state index is 0.00148. The number of nitrogens with two attached hydrogens (primary N) is 1. The lowest BCUT2D eigenvalue weighted by atomic mass is 9.78. The second-order valence-electron chi connectivity index (χ2n) is 8.03. The number of ether oxygens (including phenoxy) is 1. The highest BCUT2D eigenvalue weighted by atomic mass is 16.5. The standard InChI is InChI=1S/C18H29NO/c1-8-14-15(19)12-9-11(17(2,3)4)10-13(16(12)20-14)18(5,6)7/h9-10,14-15H,8,19H2,1-7H3. The van der Waals surface area contributed by atoms with E-state index in [0.29, 0.717) is 0 Å². The Balaban J connectivity index is 2.65. The summed E-state index contributed by atoms with van der Waals surface area (Å²) in [4.78, 5) is 0. The van der Waals surface area contributed by atoms with E-state index in [1.807, 2.05) is 0 Å². The largest absolute Gasteiger partial charge is 0.488 e. The summed E-state index contributed by atoms with van der Waals surface area (Å²) in [6.07, 6.45) is 1.06. The summed E-state index contributed by atoms with van der Waals surface area (Å²) in [7, 11) is 0. The van der Waals surface area contributed by atoms with Crippen molar-refractivity contribution in [3.8, 4) is 5.75 Å². The first kappa shape index (κ1) is 15.4. The van der Waals surface area contributed by atoms with Gasteiger partial charge in [-0.3, -0.25) is 0 Å². The Morgan fingerprint density at radius 1 is 1.05 bits per heavy atom. The van der Waals surface area contributed by atoms with E-state index in [2.05, 4.69) is 60.6 Å². The number of fused-ring (bicyclic) bond motifs is 1. The van der Waals surface area contributed by atoms with Gasteiger partial charge in [0.15, 0.2) is 0 Å². The van der Waals surface area contributed by atoms with Crippen molar-refractivity contribution in [2.45, 2.75) is 77.9 Å². The van der Waals surface area contributed by atoms with Crippen LogP contribution in [0.15, 0.2) is 12.1 Å². The van der Waals surface area contributed by atoms with E-state index in [9.17, 15) is 0 Å². The van der Waals surface area contributed by atoms with E-state index in [4.69, 9.17) is 10.5 Å². The molecule has 0 aliphatic carbocycles. The summed E-state index contributed by atoms with van der Waals surface area (Å²) in [6.45, 7) is 15.6. The zero-order valence-electron chi connectivity index (χ0n) is 14.0. The van der Waals surface area contributed by atoms with Crippen molar-refractivity contribution >= 4 is 0 Å². The van der Waals surface area contributed by atoms with E-state index in [0.717, 1.165) is 12.2 Å². The SMILES string of the molecule is CCC1Oc2c(cc(C(C)(C)C)cc2C(C)(C)C)C1N. The van der Waals surface area contributed by atoms with Crippen LogP contribution < -0.4 is 10.5 Å². The lowest BCUT2D eigenvalue weighted by Gasteiger charge is -2.27. The molecule has 2 atom stereocenters. The van der Waals surface area contributed by atoms with Gasteiger partial charge in [-0.1, -0.05) is 54.5 Å². The molecule has 1 aromatic rings. The van der Waals surface area contributed by atoms with E-state index >= 15 is 0 Å². The van der Waals surface area contributed by atoms with Crippen LogP contribution in [0.2, 0.25) is 0 Å². The van der Waals surface area contributed by atoms with Gasteiger partial charge in [0.2, 0.25) is 0 Å². The van der Waals surface area contributed by atoms with Gasteiger partial charge < -0.3 is 10.5 Å². The average Bonchev–Trinajstić information content (AvgIpc) is 2.63. The fourth-order valence-corrected chi connectivity index (χ4v) is 2.78. The molecule has 20 heavy (non-hydrogen) atoms. The van der Waals surface area contributed by atoms with Gasteiger partial charge in [-0.2, -0.15) is 0 Å². The third-order valence-electron chi connectivity index (χ3n) is 4.22. The smallest absolute Gasteiger partial charge is 0.128 e. The lowest BCUT2D eigenvalue weighted by Crippen LogP contribution is -2.24. The maximum absolute atomic E-state index is 6.40. The summed E-state index contributed by atoms with van der Waals surface area (Å²) in [6, 6.07) is 4.56. The Bertz CT molecular complexity index is 505. The molecule has 0 saturated heterocycles. The summed E-state index contributed by atoms with van der Waals surface area (Å²) in [5, 5.41) is 0. The molecule has 2 heteroatoms. The van der Waals surface area contributed by atoms with Gasteiger partial charge in [0.25, 0.3) is 0 Å². The lowest BCUT2D eigenvalue weighted by molar-refractivity contribution is 0.199. The van der Waals surface area contributed by atoms with Crippen LogP contribution in [0.4, 0.5) is 0 Å². The maximum Gasteiger partial charge on any atom is 0.128 e. The van der Waals surface area contributed by atoms with Crippen LogP contribution in [-0.2, 0) is 10.8 Å². The molecule has 0 amide bonds. The van der Waals surface area contributed by atoms with E-state index in [1.165, 1.54) is 16.7 Å². The molecular formula is C18H29NO. The van der Waals surface area contributed by atoms with Gasteiger partial charge in [-0.05, 0) is 28.9 Å². The van der Waals surface area contributed by atoms with Crippen LogP contribution in [0, 0.1) is 0 Å². The van der Waals surface area contributed by atoms with Crippen LogP contribution in [-0.4, -0.2) is 6.10 Å². The molecule has 2 N–H and O–H groups in total. The van der Waals surface area contributed by atoms with Gasteiger partial charge in [0.1, 0.15) is 11.9 Å². The zero-order valence-corrected chi connectivity index (χ0v) is 14.0. The van der Waals surface area contributed by atoms with Gasteiger partial charge in [0.05, 0.1) is 6.04 Å². The van der Waals surface area contributed by atoms with Crippen LogP contribution in [0.25, 0.3) is 0 Å². The van der Waals surface area contributed by atoms with Crippen LogP contribution >= 0.6 is 0 Å². The predicted molar refractivity (Wildman–Crippen MR) is 85.5 cm³/mol. The van der Waals surface area contributed by atoms with Crippen molar-refractivity contribution in [2.75, 3.05) is 0 Å². The normalized spacial score (nSPS) is 22.6. The molecule has 0 bridgehead atoms. The minimum Gasteiger partial charge on any atom is -0.488 e. The molecule has 0 radical (unpaired) electrons. The Labute approximate surface area is 123 Å². The third-order valence-corrected chi connectivity index (χ3v) is 4.22. The van der Waals surface area contributed by atoms with E-state index in [-0.39, 0.29) is 23.0 Å². The van der Waals surface area contributed by atoms with Crippen molar-refractivity contribution in [3.63, 3.8) is 0 Å². The molecule has 2 unspecified atom stereocenters. The minimum atomic E-state index is -0.00148.